The molecule has 0 aliphatic rings. The largest absolute Gasteiger partial charge is 0.402 e. The van der Waals surface area contributed by atoms with E-state index < -0.39 is 8.32 Å². The Morgan fingerprint density at radius 3 is 2.20 bits per heavy atom. The van der Waals surface area contributed by atoms with Crippen molar-refractivity contribution in [3.8, 4) is 6.07 Å². The van der Waals surface area contributed by atoms with Gasteiger partial charge < -0.3 is 4.43 Å². The predicted octanol–water partition coefficient (Wildman–Crippen LogP) is 4.09. The second-order valence-electron chi connectivity index (χ2n) is 5.05. The van der Waals surface area contributed by atoms with Gasteiger partial charge in [-0.25, -0.2) is 0 Å². The SMILES string of the molecule is CCCCCCC[C@H](C#N)O[Si](C)(C)C. The maximum atomic E-state index is 8.94. The Hall–Kier alpha value is -0.333. The summed E-state index contributed by atoms with van der Waals surface area (Å²) in [7, 11) is -1.54. The van der Waals surface area contributed by atoms with Gasteiger partial charge in [0.05, 0.1) is 6.07 Å². The molecule has 0 radical (unpaired) electrons. The van der Waals surface area contributed by atoms with Crippen LogP contribution < -0.4 is 0 Å². The summed E-state index contributed by atoms with van der Waals surface area (Å²) < 4.78 is 5.77. The summed E-state index contributed by atoms with van der Waals surface area (Å²) in [6, 6.07) is 2.26. The summed E-state index contributed by atoms with van der Waals surface area (Å²) in [6.45, 7) is 8.61. The normalized spacial score (nSPS) is 13.5. The molecule has 0 unspecified atom stereocenters. The smallest absolute Gasteiger partial charge is 0.185 e. The second kappa shape index (κ2) is 7.89. The fourth-order valence-corrected chi connectivity index (χ4v) is 2.53. The molecule has 0 aromatic carbocycles. The molecule has 0 rings (SSSR count). The molecule has 0 saturated carbocycles. The summed E-state index contributed by atoms with van der Waals surface area (Å²) in [5.41, 5.74) is 0. The molecule has 3 heteroatoms. The van der Waals surface area contributed by atoms with E-state index in [-0.39, 0.29) is 6.10 Å². The fraction of sp³-hybridized carbons (Fsp3) is 0.917. The highest BCUT2D eigenvalue weighted by atomic mass is 28.4. The zero-order valence-corrected chi connectivity index (χ0v) is 11.7. The van der Waals surface area contributed by atoms with Crippen molar-refractivity contribution in [3.05, 3.63) is 0 Å². The van der Waals surface area contributed by atoms with E-state index in [4.69, 9.17) is 9.69 Å². The van der Waals surface area contributed by atoms with Crippen molar-refractivity contribution in [2.45, 2.75) is 71.2 Å². The van der Waals surface area contributed by atoms with Crippen LogP contribution in [0.3, 0.4) is 0 Å². The molecule has 0 aromatic heterocycles. The van der Waals surface area contributed by atoms with Crippen molar-refractivity contribution in [2.75, 3.05) is 0 Å². The van der Waals surface area contributed by atoms with Gasteiger partial charge in [-0.2, -0.15) is 5.26 Å². The molecule has 0 N–H and O–H groups in total. The van der Waals surface area contributed by atoms with Gasteiger partial charge in [-0.05, 0) is 32.5 Å². The van der Waals surface area contributed by atoms with Gasteiger partial charge in [-0.15, -0.1) is 0 Å². The lowest BCUT2D eigenvalue weighted by molar-refractivity contribution is 0.233. The average Bonchev–Trinajstić information content (AvgIpc) is 2.14. The molecular formula is C12H25NOSi. The third-order valence-electron chi connectivity index (χ3n) is 2.21. The van der Waals surface area contributed by atoms with Crippen LogP contribution in [-0.2, 0) is 4.43 Å². The van der Waals surface area contributed by atoms with Crippen LogP contribution in [0.15, 0.2) is 0 Å². The van der Waals surface area contributed by atoms with E-state index in [1.165, 1.54) is 25.7 Å². The van der Waals surface area contributed by atoms with Crippen molar-refractivity contribution in [1.82, 2.24) is 0 Å². The van der Waals surface area contributed by atoms with E-state index in [1.807, 2.05) is 0 Å². The summed E-state index contributed by atoms with van der Waals surface area (Å²) in [4.78, 5) is 0. The van der Waals surface area contributed by atoms with Gasteiger partial charge in [0.25, 0.3) is 0 Å². The molecule has 1 atom stereocenters. The zero-order chi connectivity index (χ0) is 11.7. The van der Waals surface area contributed by atoms with Crippen molar-refractivity contribution < 1.29 is 4.43 Å². The number of nitrogens with zero attached hydrogens (tertiary/aromatic N) is 1. The first kappa shape index (κ1) is 14.7. The zero-order valence-electron chi connectivity index (χ0n) is 10.7. The molecule has 0 fully saturated rings. The van der Waals surface area contributed by atoms with E-state index in [0.717, 1.165) is 12.8 Å². The highest BCUT2D eigenvalue weighted by Gasteiger charge is 2.20. The molecule has 0 aliphatic carbocycles. The minimum absolute atomic E-state index is 0.168. The van der Waals surface area contributed by atoms with Crippen molar-refractivity contribution >= 4 is 8.32 Å². The molecule has 88 valence electrons. The monoisotopic (exact) mass is 227 g/mol. The van der Waals surface area contributed by atoms with Crippen LogP contribution in [0.4, 0.5) is 0 Å². The van der Waals surface area contributed by atoms with E-state index in [2.05, 4.69) is 32.6 Å². The van der Waals surface area contributed by atoms with Crippen molar-refractivity contribution in [3.63, 3.8) is 0 Å². The Labute approximate surface area is 95.8 Å². The number of unbranched alkanes of at least 4 members (excludes halogenated alkanes) is 4. The van der Waals surface area contributed by atoms with E-state index in [0.29, 0.717) is 0 Å². The van der Waals surface area contributed by atoms with Gasteiger partial charge in [0, 0.05) is 0 Å². The van der Waals surface area contributed by atoms with Crippen molar-refractivity contribution in [2.24, 2.45) is 0 Å². The van der Waals surface area contributed by atoms with Crippen LogP contribution >= 0.6 is 0 Å². The molecule has 0 spiro atoms. The maximum Gasteiger partial charge on any atom is 0.185 e. The van der Waals surface area contributed by atoms with Crippen LogP contribution in [0.25, 0.3) is 0 Å². The highest BCUT2D eigenvalue weighted by molar-refractivity contribution is 6.69. The van der Waals surface area contributed by atoms with Gasteiger partial charge in [-0.1, -0.05) is 32.6 Å². The number of nitriles is 1. The molecule has 0 amide bonds. The Morgan fingerprint density at radius 1 is 1.13 bits per heavy atom. The number of hydrogen-bond acceptors (Lipinski definition) is 2. The summed E-state index contributed by atoms with van der Waals surface area (Å²) in [5, 5.41) is 8.94. The fourth-order valence-electron chi connectivity index (χ4n) is 1.51. The summed E-state index contributed by atoms with van der Waals surface area (Å²) in [5.74, 6) is 0. The van der Waals surface area contributed by atoms with Gasteiger partial charge in [0.15, 0.2) is 8.32 Å². The van der Waals surface area contributed by atoms with Crippen LogP contribution in [0.5, 0.6) is 0 Å². The van der Waals surface area contributed by atoms with Crippen LogP contribution in [-0.4, -0.2) is 14.4 Å². The maximum absolute atomic E-state index is 8.94. The number of hydrogen-bond donors (Lipinski definition) is 0. The lowest BCUT2D eigenvalue weighted by atomic mass is 10.1. The van der Waals surface area contributed by atoms with Gasteiger partial charge in [0.2, 0.25) is 0 Å². The quantitative estimate of drug-likeness (QED) is 0.462. The van der Waals surface area contributed by atoms with Gasteiger partial charge in [0.1, 0.15) is 6.10 Å². The third kappa shape index (κ3) is 9.96. The minimum Gasteiger partial charge on any atom is -0.402 e. The van der Waals surface area contributed by atoms with Crippen molar-refractivity contribution in [1.29, 1.82) is 5.26 Å². The Balaban J connectivity index is 3.59. The summed E-state index contributed by atoms with van der Waals surface area (Å²) in [6.07, 6.45) is 6.98. The first-order valence-corrected chi connectivity index (χ1v) is 9.48. The Morgan fingerprint density at radius 2 is 1.73 bits per heavy atom. The van der Waals surface area contributed by atoms with Gasteiger partial charge >= 0.3 is 0 Å². The van der Waals surface area contributed by atoms with E-state index in [1.54, 1.807) is 0 Å². The average molecular weight is 227 g/mol. The lowest BCUT2D eigenvalue weighted by Gasteiger charge is -2.21. The highest BCUT2D eigenvalue weighted by Crippen LogP contribution is 2.13. The molecule has 2 nitrogen and oxygen atoms in total. The van der Waals surface area contributed by atoms with Crippen LogP contribution in [0, 0.1) is 11.3 Å². The third-order valence-corrected chi connectivity index (χ3v) is 3.20. The molecule has 0 aliphatic heterocycles. The van der Waals surface area contributed by atoms with Gasteiger partial charge in [-0.3, -0.25) is 0 Å². The first-order chi connectivity index (χ1) is 6.99. The van der Waals surface area contributed by atoms with Crippen LogP contribution in [0.1, 0.15) is 45.4 Å². The molecule has 0 bridgehead atoms. The summed E-state index contributed by atoms with van der Waals surface area (Å²) >= 11 is 0. The first-order valence-electron chi connectivity index (χ1n) is 6.07. The molecule has 0 heterocycles. The molecule has 15 heavy (non-hydrogen) atoms. The minimum atomic E-state index is -1.54. The molecular weight excluding hydrogens is 202 g/mol. The topological polar surface area (TPSA) is 33.0 Å². The lowest BCUT2D eigenvalue weighted by Crippen LogP contribution is -2.31. The van der Waals surface area contributed by atoms with E-state index >= 15 is 0 Å². The number of rotatable bonds is 8. The predicted molar refractivity (Wildman–Crippen MR) is 67.2 cm³/mol. The van der Waals surface area contributed by atoms with E-state index in [9.17, 15) is 0 Å². The Kier molecular flexibility index (Phi) is 7.72. The standard InChI is InChI=1S/C12H25NOSi/c1-5-6-7-8-9-10-12(11-13)14-15(2,3)4/h12H,5-10H2,1-4H3/t12-/m1/s1. The Bertz CT molecular complexity index is 193. The second-order valence-corrected chi connectivity index (χ2v) is 9.51. The molecule has 0 saturated heterocycles. The molecule has 0 aromatic rings. The van der Waals surface area contributed by atoms with Crippen LogP contribution in [0.2, 0.25) is 19.6 Å².